The van der Waals surface area contributed by atoms with Gasteiger partial charge in [0.1, 0.15) is 5.60 Å². The molecule has 1 aromatic rings. The molecule has 1 aromatic heterocycles. The fourth-order valence-corrected chi connectivity index (χ4v) is 3.30. The largest absolute Gasteiger partial charge is 0.478 e. The molecule has 2 amide bonds. The second-order valence-corrected chi connectivity index (χ2v) is 6.24. The Kier molecular flexibility index (Phi) is 4.20. The van der Waals surface area contributed by atoms with Crippen molar-refractivity contribution in [3.05, 3.63) is 24.4 Å². The van der Waals surface area contributed by atoms with E-state index >= 15 is 0 Å². The number of amides is 2. The van der Waals surface area contributed by atoms with Crippen LogP contribution in [0.15, 0.2) is 24.4 Å². The van der Waals surface area contributed by atoms with Gasteiger partial charge in [-0.25, -0.2) is 9.78 Å². The lowest BCUT2D eigenvalue weighted by Gasteiger charge is -2.50. The van der Waals surface area contributed by atoms with Crippen LogP contribution in [0, 0.1) is 5.92 Å². The molecule has 2 aliphatic heterocycles. The molecule has 1 atom stereocenters. The summed E-state index contributed by atoms with van der Waals surface area (Å²) in [4.78, 5) is 19.5. The molecule has 2 fully saturated rings. The van der Waals surface area contributed by atoms with E-state index in [4.69, 9.17) is 9.47 Å². The highest BCUT2D eigenvalue weighted by molar-refractivity contribution is 5.75. The quantitative estimate of drug-likeness (QED) is 0.848. The molecule has 1 spiro atoms. The maximum Gasteiger partial charge on any atom is 0.319 e. The summed E-state index contributed by atoms with van der Waals surface area (Å²) < 4.78 is 11.7. The third-order valence-corrected chi connectivity index (χ3v) is 4.52. The van der Waals surface area contributed by atoms with Crippen molar-refractivity contribution in [2.45, 2.75) is 18.4 Å². The highest BCUT2D eigenvalue weighted by atomic mass is 16.5. The minimum absolute atomic E-state index is 0.0598. The predicted octanol–water partition coefficient (Wildman–Crippen LogP) is 1.62. The molecular formula is C16H23N3O3. The number of aromatic nitrogens is 1. The first-order valence-electron chi connectivity index (χ1n) is 7.75. The van der Waals surface area contributed by atoms with Crippen molar-refractivity contribution in [2.24, 2.45) is 5.92 Å². The van der Waals surface area contributed by atoms with Gasteiger partial charge in [-0.05, 0) is 24.8 Å². The molecule has 0 bridgehead atoms. The normalized spacial score (nSPS) is 22.5. The number of carbonyl (C=O) groups is 1. The number of hydrogen-bond acceptors (Lipinski definition) is 4. The van der Waals surface area contributed by atoms with Crippen LogP contribution in [-0.4, -0.2) is 66.8 Å². The first-order chi connectivity index (χ1) is 10.6. The van der Waals surface area contributed by atoms with Crippen molar-refractivity contribution in [2.75, 3.05) is 40.4 Å². The minimum atomic E-state index is -0.154. The van der Waals surface area contributed by atoms with Crippen LogP contribution in [0.4, 0.5) is 4.79 Å². The molecule has 0 aliphatic carbocycles. The van der Waals surface area contributed by atoms with Crippen molar-refractivity contribution in [3.8, 4) is 5.88 Å². The second-order valence-electron chi connectivity index (χ2n) is 6.24. The van der Waals surface area contributed by atoms with Gasteiger partial charge < -0.3 is 19.3 Å². The Labute approximate surface area is 131 Å². The van der Waals surface area contributed by atoms with Crippen molar-refractivity contribution in [1.29, 1.82) is 0 Å². The van der Waals surface area contributed by atoms with Crippen molar-refractivity contribution in [1.82, 2.24) is 14.8 Å². The topological polar surface area (TPSA) is 54.9 Å². The molecule has 0 aromatic carbocycles. The Hall–Kier alpha value is -1.82. The highest BCUT2D eigenvalue weighted by Crippen LogP contribution is 2.41. The van der Waals surface area contributed by atoms with E-state index in [-0.39, 0.29) is 11.6 Å². The van der Waals surface area contributed by atoms with E-state index in [0.717, 1.165) is 19.4 Å². The number of rotatable bonds is 4. The molecule has 6 nitrogen and oxygen atoms in total. The average molecular weight is 305 g/mol. The Morgan fingerprint density at radius 3 is 3.00 bits per heavy atom. The van der Waals surface area contributed by atoms with Gasteiger partial charge in [0.05, 0.1) is 19.7 Å². The van der Waals surface area contributed by atoms with Crippen LogP contribution in [0.3, 0.4) is 0 Å². The van der Waals surface area contributed by atoms with E-state index in [1.165, 1.54) is 0 Å². The second kappa shape index (κ2) is 6.12. The average Bonchev–Trinajstić information content (AvgIpc) is 2.90. The molecule has 2 saturated heterocycles. The van der Waals surface area contributed by atoms with Gasteiger partial charge in [-0.3, -0.25) is 0 Å². The number of carbonyl (C=O) groups excluding carboxylic acids is 1. The highest BCUT2D eigenvalue weighted by Gasteiger charge is 2.54. The van der Waals surface area contributed by atoms with E-state index in [2.05, 4.69) is 4.98 Å². The molecule has 120 valence electrons. The standard InChI is InChI=1S/C16H23N3O3/c1-18(2)15(20)19-11-16(12-19)13(7-10-22-16)6-9-21-14-5-3-4-8-17-14/h3-5,8,13H,6-7,9-12H2,1-2H3/t13-/m0/s1. The van der Waals surface area contributed by atoms with Gasteiger partial charge in [0.15, 0.2) is 0 Å². The molecule has 22 heavy (non-hydrogen) atoms. The SMILES string of the molecule is CN(C)C(=O)N1CC2(C1)OCC[C@@H]2CCOc1ccccn1. The van der Waals surface area contributed by atoms with Gasteiger partial charge in [-0.15, -0.1) is 0 Å². The Morgan fingerprint density at radius 1 is 1.50 bits per heavy atom. The lowest BCUT2D eigenvalue weighted by molar-refractivity contribution is -0.119. The first kappa shape index (κ1) is 15.1. The minimum Gasteiger partial charge on any atom is -0.478 e. The molecule has 0 unspecified atom stereocenters. The first-order valence-corrected chi connectivity index (χ1v) is 7.75. The zero-order valence-electron chi connectivity index (χ0n) is 13.2. The molecule has 3 rings (SSSR count). The van der Waals surface area contributed by atoms with Crippen LogP contribution in [0.5, 0.6) is 5.88 Å². The van der Waals surface area contributed by atoms with Crippen molar-refractivity contribution >= 4 is 6.03 Å². The van der Waals surface area contributed by atoms with Gasteiger partial charge in [0.2, 0.25) is 5.88 Å². The molecule has 2 aliphatic rings. The number of ether oxygens (including phenoxy) is 2. The van der Waals surface area contributed by atoms with Crippen LogP contribution in [-0.2, 0) is 4.74 Å². The third-order valence-electron chi connectivity index (χ3n) is 4.52. The maximum absolute atomic E-state index is 11.9. The molecule has 0 saturated carbocycles. The predicted molar refractivity (Wildman–Crippen MR) is 81.8 cm³/mol. The van der Waals surface area contributed by atoms with Crippen molar-refractivity contribution < 1.29 is 14.3 Å². The lowest BCUT2D eigenvalue weighted by Crippen LogP contribution is -2.67. The number of likely N-dealkylation sites (tertiary alicyclic amines) is 1. The van der Waals surface area contributed by atoms with Gasteiger partial charge in [-0.2, -0.15) is 0 Å². The summed E-state index contributed by atoms with van der Waals surface area (Å²) in [5.41, 5.74) is -0.154. The Balaban J connectivity index is 1.49. The fourth-order valence-electron chi connectivity index (χ4n) is 3.30. The van der Waals surface area contributed by atoms with Crippen molar-refractivity contribution in [3.63, 3.8) is 0 Å². The van der Waals surface area contributed by atoms with E-state index in [9.17, 15) is 4.79 Å². The van der Waals surface area contributed by atoms with Crippen LogP contribution >= 0.6 is 0 Å². The summed E-state index contributed by atoms with van der Waals surface area (Å²) in [6.45, 7) is 2.79. The van der Waals surface area contributed by atoms with Gasteiger partial charge in [-0.1, -0.05) is 6.07 Å². The summed E-state index contributed by atoms with van der Waals surface area (Å²) in [5, 5.41) is 0. The van der Waals surface area contributed by atoms with E-state index in [1.807, 2.05) is 23.1 Å². The third kappa shape index (κ3) is 2.88. The molecule has 0 radical (unpaired) electrons. The molecular weight excluding hydrogens is 282 g/mol. The van der Waals surface area contributed by atoms with Gasteiger partial charge >= 0.3 is 6.03 Å². The van der Waals surface area contributed by atoms with Gasteiger partial charge in [0, 0.05) is 33.0 Å². The summed E-state index contributed by atoms with van der Waals surface area (Å²) in [7, 11) is 3.56. The van der Waals surface area contributed by atoms with Crippen LogP contribution in [0.2, 0.25) is 0 Å². The zero-order chi connectivity index (χ0) is 15.6. The summed E-state index contributed by atoms with van der Waals surface area (Å²) in [6, 6.07) is 5.71. The maximum atomic E-state index is 11.9. The number of nitrogens with zero attached hydrogens (tertiary/aromatic N) is 3. The summed E-state index contributed by atoms with van der Waals surface area (Å²) in [5.74, 6) is 1.11. The Bertz CT molecular complexity index is 515. The Morgan fingerprint density at radius 2 is 2.32 bits per heavy atom. The monoisotopic (exact) mass is 305 g/mol. The summed E-state index contributed by atoms with van der Waals surface area (Å²) >= 11 is 0. The zero-order valence-corrected chi connectivity index (χ0v) is 13.2. The number of pyridine rings is 1. The fraction of sp³-hybridized carbons (Fsp3) is 0.625. The lowest BCUT2D eigenvalue weighted by atomic mass is 9.79. The van der Waals surface area contributed by atoms with Gasteiger partial charge in [0.25, 0.3) is 0 Å². The molecule has 3 heterocycles. The van der Waals surface area contributed by atoms with E-state index in [1.54, 1.807) is 25.2 Å². The van der Waals surface area contributed by atoms with Crippen LogP contribution in [0.1, 0.15) is 12.8 Å². The van der Waals surface area contributed by atoms with Crippen LogP contribution < -0.4 is 4.74 Å². The van der Waals surface area contributed by atoms with Crippen LogP contribution in [0.25, 0.3) is 0 Å². The molecule has 6 heteroatoms. The van der Waals surface area contributed by atoms with E-state index in [0.29, 0.717) is 31.5 Å². The molecule has 0 N–H and O–H groups in total. The smallest absolute Gasteiger partial charge is 0.319 e. The van der Waals surface area contributed by atoms with E-state index < -0.39 is 0 Å². The summed E-state index contributed by atoms with van der Waals surface area (Å²) in [6.07, 6.45) is 3.70. The number of urea groups is 1. The number of hydrogen-bond donors (Lipinski definition) is 0.